The summed E-state index contributed by atoms with van der Waals surface area (Å²) in [4.78, 5) is 27.1. The summed E-state index contributed by atoms with van der Waals surface area (Å²) in [5.74, 6) is 0.741. The fraction of sp³-hybridized carbons (Fsp3) is 0.273. The lowest BCUT2D eigenvalue weighted by Gasteiger charge is -2.17. The topological polar surface area (TPSA) is 46.6 Å². The monoisotopic (exact) mass is 423 g/mol. The Morgan fingerprint density at radius 1 is 0.889 bits per heavy atom. The number of benzene rings is 2. The number of allylic oxidation sites excluding steroid dienone is 2. The summed E-state index contributed by atoms with van der Waals surface area (Å²) in [6.45, 7) is 0.466. The van der Waals surface area contributed by atoms with Crippen molar-refractivity contribution in [1.82, 2.24) is 0 Å². The average Bonchev–Trinajstić information content (AvgIpc) is 3.36. The van der Waals surface area contributed by atoms with E-state index in [1.165, 1.54) is 4.90 Å². The zero-order valence-corrected chi connectivity index (χ0v) is 16.1. The van der Waals surface area contributed by atoms with Crippen molar-refractivity contribution in [1.29, 1.82) is 0 Å². The molecule has 3 aliphatic rings. The lowest BCUT2D eigenvalue weighted by Crippen LogP contribution is -2.32. The molecule has 0 spiro atoms. The van der Waals surface area contributed by atoms with Crippen LogP contribution in [-0.2, 0) is 16.2 Å². The van der Waals surface area contributed by atoms with Gasteiger partial charge >= 0.3 is 0 Å². The van der Waals surface area contributed by atoms with Crippen LogP contribution >= 0.6 is 15.9 Å². The maximum Gasteiger partial charge on any atom is 0.238 e. The van der Waals surface area contributed by atoms with Crippen molar-refractivity contribution in [3.63, 3.8) is 0 Å². The zero-order chi connectivity index (χ0) is 18.5. The number of nitrogens with zero attached hydrogens (tertiary/aromatic N) is 1. The summed E-state index contributed by atoms with van der Waals surface area (Å²) >= 11 is 3.42. The summed E-state index contributed by atoms with van der Waals surface area (Å²) in [5.41, 5.74) is 1.71. The highest BCUT2D eigenvalue weighted by atomic mass is 79.9. The lowest BCUT2D eigenvalue weighted by atomic mass is 9.85. The van der Waals surface area contributed by atoms with Gasteiger partial charge in [0.2, 0.25) is 11.8 Å². The van der Waals surface area contributed by atoms with Crippen LogP contribution in [0.2, 0.25) is 0 Å². The van der Waals surface area contributed by atoms with Gasteiger partial charge in [0.15, 0.2) is 0 Å². The third-order valence-electron chi connectivity index (χ3n) is 5.88. The van der Waals surface area contributed by atoms with Gasteiger partial charge in [-0.3, -0.25) is 14.5 Å². The van der Waals surface area contributed by atoms with Crippen LogP contribution in [0.25, 0.3) is 0 Å². The first-order valence-corrected chi connectivity index (χ1v) is 9.94. The molecule has 2 amide bonds. The first-order chi connectivity index (χ1) is 13.1. The Morgan fingerprint density at radius 3 is 2.07 bits per heavy atom. The molecule has 5 heteroatoms. The Hall–Kier alpha value is -2.40. The standard InChI is InChI=1S/C22H18BrNO3/c23-16-5-1-13(2-6-16)12-27-18-9-7-17(8-10-18)24-21(25)19-14-3-4-15(11-14)20(19)22(24)26/h1-10,14-15,19-20H,11-12H2/t14-,15-,19-,20+/m0/s1. The molecule has 4 nitrogen and oxygen atoms in total. The summed E-state index contributed by atoms with van der Waals surface area (Å²) in [7, 11) is 0. The summed E-state index contributed by atoms with van der Waals surface area (Å²) in [5, 5.41) is 0. The van der Waals surface area contributed by atoms with Crippen molar-refractivity contribution in [2.75, 3.05) is 4.90 Å². The lowest BCUT2D eigenvalue weighted by molar-refractivity contribution is -0.123. The molecule has 0 N–H and O–H groups in total. The fourth-order valence-corrected chi connectivity index (χ4v) is 4.86. The number of amides is 2. The molecule has 0 radical (unpaired) electrons. The molecule has 4 atom stereocenters. The number of hydrogen-bond donors (Lipinski definition) is 0. The molecular formula is C22H18BrNO3. The van der Waals surface area contributed by atoms with Crippen molar-refractivity contribution in [2.24, 2.45) is 23.7 Å². The SMILES string of the molecule is O=C1[C@@H]2[C@H](C(=O)N1c1ccc(OCc3ccc(Br)cc3)cc1)[C@H]1C=C[C@H]2C1. The second-order valence-corrected chi connectivity index (χ2v) is 8.34. The van der Waals surface area contributed by atoms with Crippen molar-refractivity contribution < 1.29 is 14.3 Å². The number of rotatable bonds is 4. The van der Waals surface area contributed by atoms with Crippen LogP contribution in [0.15, 0.2) is 65.2 Å². The maximum atomic E-state index is 12.8. The first kappa shape index (κ1) is 16.8. The van der Waals surface area contributed by atoms with Crippen LogP contribution in [0.1, 0.15) is 12.0 Å². The molecule has 1 saturated carbocycles. The molecule has 2 aliphatic carbocycles. The van der Waals surface area contributed by atoms with E-state index in [2.05, 4.69) is 28.1 Å². The minimum atomic E-state index is -0.166. The molecule has 5 rings (SSSR count). The fourth-order valence-electron chi connectivity index (χ4n) is 4.60. The first-order valence-electron chi connectivity index (χ1n) is 9.15. The van der Waals surface area contributed by atoms with Crippen LogP contribution in [0, 0.1) is 23.7 Å². The quantitative estimate of drug-likeness (QED) is 0.542. The number of imide groups is 1. The van der Waals surface area contributed by atoms with Crippen LogP contribution in [0.4, 0.5) is 5.69 Å². The molecule has 2 bridgehead atoms. The molecule has 136 valence electrons. The van der Waals surface area contributed by atoms with Gasteiger partial charge in [-0.05, 0) is 60.2 Å². The Kier molecular flexibility index (Phi) is 3.93. The van der Waals surface area contributed by atoms with Gasteiger partial charge in [0.1, 0.15) is 12.4 Å². The van der Waals surface area contributed by atoms with E-state index in [4.69, 9.17) is 4.74 Å². The minimum absolute atomic E-state index is 0.0506. The van der Waals surface area contributed by atoms with E-state index in [-0.39, 0.29) is 35.5 Å². The largest absolute Gasteiger partial charge is 0.489 e. The highest BCUT2D eigenvalue weighted by Gasteiger charge is 2.59. The number of anilines is 1. The van der Waals surface area contributed by atoms with Gasteiger partial charge in [-0.2, -0.15) is 0 Å². The number of ether oxygens (including phenoxy) is 1. The Balaban J connectivity index is 1.30. The Morgan fingerprint density at radius 2 is 1.48 bits per heavy atom. The maximum absolute atomic E-state index is 12.8. The van der Waals surface area contributed by atoms with E-state index >= 15 is 0 Å². The minimum Gasteiger partial charge on any atom is -0.489 e. The van der Waals surface area contributed by atoms with E-state index in [1.54, 1.807) is 12.1 Å². The molecule has 1 saturated heterocycles. The van der Waals surface area contributed by atoms with E-state index in [9.17, 15) is 9.59 Å². The molecule has 2 aromatic carbocycles. The van der Waals surface area contributed by atoms with E-state index < -0.39 is 0 Å². The molecule has 0 aromatic heterocycles. The van der Waals surface area contributed by atoms with Crippen LogP contribution in [-0.4, -0.2) is 11.8 Å². The molecule has 1 aliphatic heterocycles. The molecular weight excluding hydrogens is 406 g/mol. The second-order valence-electron chi connectivity index (χ2n) is 7.42. The van der Waals surface area contributed by atoms with Gasteiger partial charge in [-0.25, -0.2) is 0 Å². The number of carbonyl (C=O) groups excluding carboxylic acids is 2. The van der Waals surface area contributed by atoms with Gasteiger partial charge in [-0.1, -0.05) is 40.2 Å². The average molecular weight is 424 g/mol. The highest BCUT2D eigenvalue weighted by molar-refractivity contribution is 9.10. The van der Waals surface area contributed by atoms with Gasteiger partial charge in [0.25, 0.3) is 0 Å². The van der Waals surface area contributed by atoms with Crippen LogP contribution < -0.4 is 9.64 Å². The Labute approximate surface area is 165 Å². The van der Waals surface area contributed by atoms with E-state index in [0.717, 1.165) is 16.5 Å². The van der Waals surface area contributed by atoms with Crippen LogP contribution in [0.5, 0.6) is 5.75 Å². The van der Waals surface area contributed by atoms with Crippen molar-refractivity contribution in [3.8, 4) is 5.75 Å². The molecule has 1 heterocycles. The number of halogens is 1. The predicted molar refractivity (Wildman–Crippen MR) is 105 cm³/mol. The third kappa shape index (κ3) is 2.72. The third-order valence-corrected chi connectivity index (χ3v) is 6.41. The van der Waals surface area contributed by atoms with Gasteiger partial charge in [-0.15, -0.1) is 0 Å². The Bertz CT molecular complexity index is 905. The summed E-state index contributed by atoms with van der Waals surface area (Å²) < 4.78 is 6.84. The normalized spacial score (nSPS) is 28.1. The van der Waals surface area contributed by atoms with Crippen molar-refractivity contribution >= 4 is 33.4 Å². The number of hydrogen-bond acceptors (Lipinski definition) is 3. The van der Waals surface area contributed by atoms with Crippen molar-refractivity contribution in [2.45, 2.75) is 13.0 Å². The number of fused-ring (bicyclic) bond motifs is 5. The van der Waals surface area contributed by atoms with Crippen LogP contribution in [0.3, 0.4) is 0 Å². The smallest absolute Gasteiger partial charge is 0.238 e. The number of carbonyl (C=O) groups is 2. The molecule has 2 fully saturated rings. The summed E-state index contributed by atoms with van der Waals surface area (Å²) in [6.07, 6.45) is 5.17. The van der Waals surface area contributed by atoms with E-state index in [0.29, 0.717) is 18.0 Å². The predicted octanol–water partition coefficient (Wildman–Crippen LogP) is 4.34. The highest BCUT2D eigenvalue weighted by Crippen LogP contribution is 2.53. The summed E-state index contributed by atoms with van der Waals surface area (Å²) in [6, 6.07) is 15.2. The van der Waals surface area contributed by atoms with Crippen molar-refractivity contribution in [3.05, 3.63) is 70.7 Å². The van der Waals surface area contributed by atoms with Gasteiger partial charge in [0, 0.05) is 4.47 Å². The second kappa shape index (κ2) is 6.34. The zero-order valence-electron chi connectivity index (χ0n) is 14.5. The van der Waals surface area contributed by atoms with E-state index in [1.807, 2.05) is 36.4 Å². The molecule has 2 aromatic rings. The van der Waals surface area contributed by atoms with Gasteiger partial charge < -0.3 is 4.74 Å². The molecule has 0 unspecified atom stereocenters. The molecule has 27 heavy (non-hydrogen) atoms. The van der Waals surface area contributed by atoms with Gasteiger partial charge in [0.05, 0.1) is 17.5 Å².